The first-order valence-corrected chi connectivity index (χ1v) is 3.87. The molecule has 2 rings (SSSR count). The second-order valence-electron chi connectivity index (χ2n) is 2.71. The van der Waals surface area contributed by atoms with Crippen LogP contribution in [-0.4, -0.2) is 30.5 Å². The Hall–Kier alpha value is -1.69. The van der Waals surface area contributed by atoms with Gasteiger partial charge in [-0.25, -0.2) is 4.98 Å². The minimum absolute atomic E-state index is 0.455. The average molecular weight is 179 g/mol. The highest BCUT2D eigenvalue weighted by atomic mass is 16.3. The van der Waals surface area contributed by atoms with E-state index >= 15 is 0 Å². The van der Waals surface area contributed by atoms with Gasteiger partial charge in [-0.15, -0.1) is 0 Å². The summed E-state index contributed by atoms with van der Waals surface area (Å²) in [5.41, 5.74) is 0.795. The van der Waals surface area contributed by atoms with E-state index in [-0.39, 0.29) is 0 Å². The molecule has 2 aromatic rings. The Balaban J connectivity index is 2.33. The van der Waals surface area contributed by atoms with E-state index in [1.807, 2.05) is 0 Å². The second-order valence-corrected chi connectivity index (χ2v) is 2.71. The predicted molar refractivity (Wildman–Crippen MR) is 44.6 cm³/mol. The third-order valence-corrected chi connectivity index (χ3v) is 1.65. The fourth-order valence-electron chi connectivity index (χ4n) is 0.963. The number of hydrogen-bond acceptors (Lipinski definition) is 4. The van der Waals surface area contributed by atoms with Crippen molar-refractivity contribution in [2.24, 2.45) is 0 Å². The van der Waals surface area contributed by atoms with Crippen molar-refractivity contribution < 1.29 is 5.11 Å². The highest BCUT2D eigenvalue weighted by Crippen LogP contribution is 2.14. The molecule has 0 bridgehead atoms. The van der Waals surface area contributed by atoms with E-state index in [1.54, 1.807) is 19.3 Å². The highest BCUT2D eigenvalue weighted by molar-refractivity contribution is 5.51. The highest BCUT2D eigenvalue weighted by Gasteiger charge is 2.09. The van der Waals surface area contributed by atoms with E-state index < -0.39 is 6.10 Å². The maximum Gasteiger partial charge on any atom is 0.184 e. The van der Waals surface area contributed by atoms with E-state index in [0.717, 1.165) is 5.56 Å². The van der Waals surface area contributed by atoms with Crippen LogP contribution in [0.2, 0.25) is 0 Å². The van der Waals surface area contributed by atoms with E-state index in [2.05, 4.69) is 25.4 Å². The zero-order valence-electron chi connectivity index (χ0n) is 7.02. The first-order chi connectivity index (χ1) is 6.27. The molecule has 0 spiro atoms. The van der Waals surface area contributed by atoms with Crippen LogP contribution in [0, 0.1) is 0 Å². The van der Waals surface area contributed by atoms with Crippen molar-refractivity contribution in [1.29, 1.82) is 0 Å². The molecule has 0 saturated heterocycles. The summed E-state index contributed by atoms with van der Waals surface area (Å²) in [6.07, 6.45) is 2.68. The van der Waals surface area contributed by atoms with Gasteiger partial charge in [0.2, 0.25) is 0 Å². The molecule has 3 N–H and O–H groups in total. The monoisotopic (exact) mass is 179 g/mol. The largest absolute Gasteiger partial charge is 0.385 e. The summed E-state index contributed by atoms with van der Waals surface area (Å²) in [5, 5.41) is 22.2. The van der Waals surface area contributed by atoms with Crippen LogP contribution in [-0.2, 0) is 0 Å². The smallest absolute Gasteiger partial charge is 0.184 e. The molecule has 0 saturated carbocycles. The van der Waals surface area contributed by atoms with E-state index in [1.165, 1.54) is 0 Å². The van der Waals surface area contributed by atoms with Crippen molar-refractivity contribution in [2.45, 2.75) is 13.0 Å². The van der Waals surface area contributed by atoms with Crippen LogP contribution in [0.4, 0.5) is 0 Å². The van der Waals surface area contributed by atoms with Crippen molar-refractivity contribution in [3.63, 3.8) is 0 Å². The maximum absolute atomic E-state index is 9.18. The molecule has 0 aliphatic rings. The zero-order valence-corrected chi connectivity index (χ0v) is 7.02. The summed E-state index contributed by atoms with van der Waals surface area (Å²) in [5.74, 6) is 0.987. The van der Waals surface area contributed by atoms with Crippen molar-refractivity contribution in [3.8, 4) is 11.4 Å². The lowest BCUT2D eigenvalue weighted by Crippen LogP contribution is -1.92. The van der Waals surface area contributed by atoms with Gasteiger partial charge in [0.25, 0.3) is 0 Å². The van der Waals surface area contributed by atoms with Gasteiger partial charge in [0.15, 0.2) is 11.6 Å². The van der Waals surface area contributed by atoms with E-state index in [9.17, 15) is 5.11 Å². The third-order valence-electron chi connectivity index (χ3n) is 1.65. The molecule has 0 radical (unpaired) electrons. The first kappa shape index (κ1) is 7.93. The minimum atomic E-state index is -0.631. The fraction of sp³-hybridized carbons (Fsp3) is 0.286. The lowest BCUT2D eigenvalue weighted by molar-refractivity contribution is 0.189. The lowest BCUT2D eigenvalue weighted by Gasteiger charge is -1.94. The molecule has 13 heavy (non-hydrogen) atoms. The summed E-state index contributed by atoms with van der Waals surface area (Å²) in [4.78, 5) is 4.08. The van der Waals surface area contributed by atoms with Gasteiger partial charge in [-0.05, 0) is 6.92 Å². The molecule has 2 aromatic heterocycles. The number of rotatable bonds is 2. The van der Waals surface area contributed by atoms with Crippen molar-refractivity contribution in [3.05, 3.63) is 18.2 Å². The fourth-order valence-corrected chi connectivity index (χ4v) is 0.963. The minimum Gasteiger partial charge on any atom is -0.385 e. The van der Waals surface area contributed by atoms with Gasteiger partial charge in [0, 0.05) is 6.20 Å². The van der Waals surface area contributed by atoms with Crippen LogP contribution < -0.4 is 0 Å². The number of nitrogens with one attached hydrogen (secondary N) is 2. The number of hydrogen-bond donors (Lipinski definition) is 3. The zero-order chi connectivity index (χ0) is 9.26. The molecule has 0 fully saturated rings. The van der Waals surface area contributed by atoms with E-state index in [0.29, 0.717) is 11.6 Å². The molecule has 6 heteroatoms. The Kier molecular flexibility index (Phi) is 1.82. The van der Waals surface area contributed by atoms with Crippen LogP contribution in [0.1, 0.15) is 18.9 Å². The number of aliphatic hydroxyl groups is 1. The van der Waals surface area contributed by atoms with Crippen molar-refractivity contribution in [2.75, 3.05) is 0 Å². The SMILES string of the molecule is CC(O)c1nc(-c2cn[nH]c2)n[nH]1. The van der Waals surface area contributed by atoms with Gasteiger partial charge in [-0.2, -0.15) is 10.2 Å². The van der Waals surface area contributed by atoms with Gasteiger partial charge in [0.05, 0.1) is 11.8 Å². The number of aromatic amines is 2. The Morgan fingerprint density at radius 2 is 2.38 bits per heavy atom. The van der Waals surface area contributed by atoms with Gasteiger partial charge in [-0.3, -0.25) is 10.2 Å². The topological polar surface area (TPSA) is 90.5 Å². The molecular weight excluding hydrogens is 170 g/mol. The molecule has 0 aliphatic carbocycles. The van der Waals surface area contributed by atoms with Gasteiger partial charge < -0.3 is 5.11 Å². The Morgan fingerprint density at radius 3 is 2.92 bits per heavy atom. The number of aliphatic hydroxyl groups excluding tert-OH is 1. The Bertz CT molecular complexity index is 377. The molecule has 2 heterocycles. The molecule has 0 aliphatic heterocycles. The Morgan fingerprint density at radius 1 is 1.54 bits per heavy atom. The van der Waals surface area contributed by atoms with E-state index in [4.69, 9.17) is 0 Å². The van der Waals surface area contributed by atoms with Crippen LogP contribution in [0.5, 0.6) is 0 Å². The molecular formula is C7H9N5O. The maximum atomic E-state index is 9.18. The molecule has 0 aromatic carbocycles. The van der Waals surface area contributed by atoms with Gasteiger partial charge in [0.1, 0.15) is 6.10 Å². The van der Waals surface area contributed by atoms with Crippen LogP contribution in [0.15, 0.2) is 12.4 Å². The van der Waals surface area contributed by atoms with Crippen LogP contribution in [0.3, 0.4) is 0 Å². The summed E-state index contributed by atoms with van der Waals surface area (Å²) >= 11 is 0. The molecule has 1 unspecified atom stereocenters. The number of H-pyrrole nitrogens is 2. The van der Waals surface area contributed by atoms with Crippen molar-refractivity contribution >= 4 is 0 Å². The number of aromatic nitrogens is 5. The summed E-state index contributed by atoms with van der Waals surface area (Å²) in [7, 11) is 0. The normalized spacial score (nSPS) is 13.1. The van der Waals surface area contributed by atoms with Crippen LogP contribution >= 0.6 is 0 Å². The average Bonchev–Trinajstić information content (AvgIpc) is 2.75. The molecule has 6 nitrogen and oxygen atoms in total. The summed E-state index contributed by atoms with van der Waals surface area (Å²) < 4.78 is 0. The first-order valence-electron chi connectivity index (χ1n) is 3.87. The van der Waals surface area contributed by atoms with Crippen LogP contribution in [0.25, 0.3) is 11.4 Å². The number of nitrogens with zero attached hydrogens (tertiary/aromatic N) is 3. The quantitative estimate of drug-likeness (QED) is 0.616. The molecule has 68 valence electrons. The lowest BCUT2D eigenvalue weighted by atomic mass is 10.3. The van der Waals surface area contributed by atoms with Gasteiger partial charge in [-0.1, -0.05) is 0 Å². The van der Waals surface area contributed by atoms with Gasteiger partial charge >= 0.3 is 0 Å². The summed E-state index contributed by atoms with van der Waals surface area (Å²) in [6, 6.07) is 0. The third kappa shape index (κ3) is 1.43. The second kappa shape index (κ2) is 2.98. The predicted octanol–water partition coefficient (Wildman–Crippen LogP) is 0.248. The van der Waals surface area contributed by atoms with Crippen molar-refractivity contribution in [1.82, 2.24) is 25.4 Å². The molecule has 1 atom stereocenters. The Labute approximate surface area is 74.0 Å². The molecule has 0 amide bonds. The standard InChI is InChI=1S/C7H9N5O/c1-4(13)6-10-7(12-11-6)5-2-8-9-3-5/h2-4,13H,1H3,(H,8,9)(H,10,11,12). The summed E-state index contributed by atoms with van der Waals surface area (Å²) in [6.45, 7) is 1.62.